The second-order valence-electron chi connectivity index (χ2n) is 4.49. The number of methoxy groups -OCH3 is 1. The molecule has 1 saturated heterocycles. The maximum absolute atomic E-state index is 5.02. The fourth-order valence-electron chi connectivity index (χ4n) is 1.65. The Balaban J connectivity index is 0.000000385. The zero-order valence-corrected chi connectivity index (χ0v) is 11.7. The summed E-state index contributed by atoms with van der Waals surface area (Å²) in [6.07, 6.45) is 4.08. The van der Waals surface area contributed by atoms with E-state index in [0.29, 0.717) is 0 Å². The zero-order valence-electron chi connectivity index (χ0n) is 11.7. The van der Waals surface area contributed by atoms with E-state index >= 15 is 0 Å². The summed E-state index contributed by atoms with van der Waals surface area (Å²) in [4.78, 5) is 4.81. The van der Waals surface area contributed by atoms with Crippen molar-refractivity contribution in [3.8, 4) is 0 Å². The SMILES string of the molecule is CCCCC.COCCN1CCN(C)CC1. The predicted octanol–water partition coefficient (Wildman–Crippen LogP) is 2.08. The van der Waals surface area contributed by atoms with Gasteiger partial charge in [-0.1, -0.05) is 33.1 Å². The van der Waals surface area contributed by atoms with Crippen LogP contribution in [0.5, 0.6) is 0 Å². The molecular weight excluding hydrogens is 200 g/mol. The molecule has 0 aromatic rings. The molecule has 0 amide bonds. The van der Waals surface area contributed by atoms with Gasteiger partial charge in [-0.25, -0.2) is 0 Å². The van der Waals surface area contributed by atoms with Crippen molar-refractivity contribution in [3.63, 3.8) is 0 Å². The van der Waals surface area contributed by atoms with Gasteiger partial charge in [-0.2, -0.15) is 0 Å². The van der Waals surface area contributed by atoms with E-state index in [0.717, 1.165) is 13.2 Å². The molecule has 16 heavy (non-hydrogen) atoms. The summed E-state index contributed by atoms with van der Waals surface area (Å²) in [7, 11) is 3.93. The molecule has 3 heteroatoms. The van der Waals surface area contributed by atoms with Crippen LogP contribution in [0.15, 0.2) is 0 Å². The lowest BCUT2D eigenvalue weighted by Gasteiger charge is -2.31. The first-order valence-corrected chi connectivity index (χ1v) is 6.64. The van der Waals surface area contributed by atoms with Crippen LogP contribution in [0.1, 0.15) is 33.1 Å². The molecular formula is C13H30N2O. The van der Waals surface area contributed by atoms with Gasteiger partial charge in [-0.3, -0.25) is 4.90 Å². The predicted molar refractivity (Wildman–Crippen MR) is 71.0 cm³/mol. The molecule has 0 spiro atoms. The molecule has 0 aliphatic carbocycles. The Morgan fingerprint density at radius 3 is 1.94 bits per heavy atom. The normalized spacial score (nSPS) is 18.0. The number of unbranched alkanes of at least 4 members (excludes halogenated alkanes) is 2. The molecule has 0 N–H and O–H groups in total. The number of hydrogen-bond acceptors (Lipinski definition) is 3. The minimum absolute atomic E-state index is 0.865. The number of piperazine rings is 1. The van der Waals surface area contributed by atoms with Gasteiger partial charge in [0.2, 0.25) is 0 Å². The first kappa shape index (κ1) is 15.9. The fraction of sp³-hybridized carbons (Fsp3) is 1.00. The van der Waals surface area contributed by atoms with E-state index in [1.807, 2.05) is 0 Å². The summed E-state index contributed by atoms with van der Waals surface area (Å²) >= 11 is 0. The maximum atomic E-state index is 5.02. The highest BCUT2D eigenvalue weighted by Gasteiger charge is 2.12. The van der Waals surface area contributed by atoms with E-state index in [1.54, 1.807) is 7.11 Å². The van der Waals surface area contributed by atoms with Gasteiger partial charge >= 0.3 is 0 Å². The lowest BCUT2D eigenvalue weighted by molar-refractivity contribution is 0.108. The Morgan fingerprint density at radius 2 is 1.56 bits per heavy atom. The lowest BCUT2D eigenvalue weighted by Crippen LogP contribution is -2.45. The van der Waals surface area contributed by atoms with Crippen LogP contribution in [0.25, 0.3) is 0 Å². The number of hydrogen-bond donors (Lipinski definition) is 0. The van der Waals surface area contributed by atoms with Crippen molar-refractivity contribution < 1.29 is 4.74 Å². The van der Waals surface area contributed by atoms with Gasteiger partial charge in [0.05, 0.1) is 6.61 Å². The minimum atomic E-state index is 0.865. The van der Waals surface area contributed by atoms with Gasteiger partial charge in [0.1, 0.15) is 0 Å². The molecule has 0 saturated carbocycles. The molecule has 0 atom stereocenters. The summed E-state index contributed by atoms with van der Waals surface area (Å²) in [5, 5.41) is 0. The average Bonchev–Trinajstić information content (AvgIpc) is 2.30. The first-order valence-electron chi connectivity index (χ1n) is 6.64. The second-order valence-corrected chi connectivity index (χ2v) is 4.49. The van der Waals surface area contributed by atoms with Crippen LogP contribution in [-0.4, -0.2) is 63.3 Å². The van der Waals surface area contributed by atoms with E-state index in [9.17, 15) is 0 Å². The Labute approximate surface area is 102 Å². The summed E-state index contributed by atoms with van der Waals surface area (Å²) in [6, 6.07) is 0. The standard InChI is InChI=1S/C8H18N2O.C5H12/c1-9-3-5-10(6-4-9)7-8-11-2;1-3-5-4-2/h3-8H2,1-2H3;3-5H2,1-2H3. The molecule has 3 nitrogen and oxygen atoms in total. The van der Waals surface area contributed by atoms with Crippen molar-refractivity contribution in [2.45, 2.75) is 33.1 Å². The van der Waals surface area contributed by atoms with Gasteiger partial charge in [-0.05, 0) is 7.05 Å². The number of nitrogens with zero attached hydrogens (tertiary/aromatic N) is 2. The van der Waals surface area contributed by atoms with Crippen LogP contribution in [0.4, 0.5) is 0 Å². The molecule has 0 aromatic carbocycles. The number of rotatable bonds is 5. The molecule has 0 unspecified atom stereocenters. The zero-order chi connectivity index (χ0) is 12.2. The summed E-state index contributed by atoms with van der Waals surface area (Å²) in [5.41, 5.74) is 0. The van der Waals surface area contributed by atoms with Crippen LogP contribution in [0.3, 0.4) is 0 Å². The Hall–Kier alpha value is -0.120. The van der Waals surface area contributed by atoms with E-state index in [1.165, 1.54) is 45.4 Å². The van der Waals surface area contributed by atoms with Crippen molar-refractivity contribution in [1.29, 1.82) is 0 Å². The van der Waals surface area contributed by atoms with Crippen LogP contribution < -0.4 is 0 Å². The van der Waals surface area contributed by atoms with Gasteiger partial charge in [-0.15, -0.1) is 0 Å². The highest BCUT2D eigenvalue weighted by Crippen LogP contribution is 1.97. The average molecular weight is 230 g/mol. The molecule has 1 rings (SSSR count). The molecule has 1 aliphatic heterocycles. The fourth-order valence-corrected chi connectivity index (χ4v) is 1.65. The largest absolute Gasteiger partial charge is 0.383 e. The summed E-state index contributed by atoms with van der Waals surface area (Å²) in [6.45, 7) is 11.2. The van der Waals surface area contributed by atoms with Crippen LogP contribution in [0.2, 0.25) is 0 Å². The van der Waals surface area contributed by atoms with Gasteiger partial charge in [0.15, 0.2) is 0 Å². The number of likely N-dealkylation sites (N-methyl/N-ethyl adjacent to an activating group) is 1. The van der Waals surface area contributed by atoms with Crippen molar-refractivity contribution in [1.82, 2.24) is 9.80 Å². The van der Waals surface area contributed by atoms with Crippen LogP contribution in [0, 0.1) is 0 Å². The van der Waals surface area contributed by atoms with Crippen molar-refractivity contribution in [2.24, 2.45) is 0 Å². The van der Waals surface area contributed by atoms with Crippen LogP contribution in [-0.2, 0) is 4.74 Å². The topological polar surface area (TPSA) is 15.7 Å². The summed E-state index contributed by atoms with van der Waals surface area (Å²) < 4.78 is 5.02. The highest BCUT2D eigenvalue weighted by molar-refractivity contribution is 4.68. The third-order valence-corrected chi connectivity index (χ3v) is 2.91. The monoisotopic (exact) mass is 230 g/mol. The quantitative estimate of drug-likeness (QED) is 0.719. The molecule has 0 aromatic heterocycles. The third kappa shape index (κ3) is 9.13. The second kappa shape index (κ2) is 11.4. The van der Waals surface area contributed by atoms with Crippen molar-refractivity contribution in [3.05, 3.63) is 0 Å². The molecule has 98 valence electrons. The Morgan fingerprint density at radius 1 is 1.00 bits per heavy atom. The lowest BCUT2D eigenvalue weighted by atomic mass is 10.3. The number of ether oxygens (including phenoxy) is 1. The Kier molecular flexibility index (Phi) is 11.3. The van der Waals surface area contributed by atoms with Gasteiger partial charge < -0.3 is 9.64 Å². The van der Waals surface area contributed by atoms with Gasteiger partial charge in [0.25, 0.3) is 0 Å². The first-order chi connectivity index (χ1) is 7.74. The molecule has 0 bridgehead atoms. The maximum Gasteiger partial charge on any atom is 0.0589 e. The molecule has 1 fully saturated rings. The van der Waals surface area contributed by atoms with Crippen LogP contribution >= 0.6 is 0 Å². The van der Waals surface area contributed by atoms with Crippen molar-refractivity contribution in [2.75, 3.05) is 53.5 Å². The molecule has 1 heterocycles. The van der Waals surface area contributed by atoms with E-state index in [2.05, 4.69) is 30.7 Å². The Bertz CT molecular complexity index is 129. The van der Waals surface area contributed by atoms with Crippen molar-refractivity contribution >= 4 is 0 Å². The van der Waals surface area contributed by atoms with E-state index < -0.39 is 0 Å². The minimum Gasteiger partial charge on any atom is -0.383 e. The smallest absolute Gasteiger partial charge is 0.0589 e. The summed E-state index contributed by atoms with van der Waals surface area (Å²) in [5.74, 6) is 0. The highest BCUT2D eigenvalue weighted by atomic mass is 16.5. The van der Waals surface area contributed by atoms with Gasteiger partial charge in [0, 0.05) is 39.8 Å². The van der Waals surface area contributed by atoms with E-state index in [4.69, 9.17) is 4.74 Å². The molecule has 1 aliphatic rings. The molecule has 0 radical (unpaired) electrons. The van der Waals surface area contributed by atoms with E-state index in [-0.39, 0.29) is 0 Å². The third-order valence-electron chi connectivity index (χ3n) is 2.91.